The third-order valence-electron chi connectivity index (χ3n) is 1.46. The number of ether oxygens (including phenoxy) is 1. The van der Waals surface area contributed by atoms with Gasteiger partial charge in [0.15, 0.2) is 0 Å². The van der Waals surface area contributed by atoms with Crippen LogP contribution in [0.25, 0.3) is 0 Å². The summed E-state index contributed by atoms with van der Waals surface area (Å²) < 4.78 is 4.59. The first kappa shape index (κ1) is 11.8. The first-order chi connectivity index (χ1) is 5.72. The van der Waals surface area contributed by atoms with Crippen LogP contribution in [0.2, 0.25) is 0 Å². The summed E-state index contributed by atoms with van der Waals surface area (Å²) in [5.74, 6) is 1.72. The summed E-state index contributed by atoms with van der Waals surface area (Å²) >= 11 is 1.75. The molecular weight excluding hydrogens is 174 g/mol. The lowest BCUT2D eigenvalue weighted by Gasteiger charge is -2.07. The normalized spacial score (nSPS) is 12.6. The maximum Gasteiger partial charge on any atom is 0.309 e. The van der Waals surface area contributed by atoms with Gasteiger partial charge in [0.1, 0.15) is 0 Å². The van der Waals surface area contributed by atoms with E-state index in [-0.39, 0.29) is 11.9 Å². The van der Waals surface area contributed by atoms with Gasteiger partial charge in [-0.25, -0.2) is 0 Å². The van der Waals surface area contributed by atoms with E-state index in [9.17, 15) is 4.79 Å². The lowest BCUT2D eigenvalue weighted by molar-refractivity contribution is -0.143. The van der Waals surface area contributed by atoms with E-state index in [0.29, 0.717) is 0 Å². The van der Waals surface area contributed by atoms with Gasteiger partial charge in [-0.15, -0.1) is 0 Å². The van der Waals surface area contributed by atoms with Crippen molar-refractivity contribution in [3.8, 4) is 0 Å². The summed E-state index contributed by atoms with van der Waals surface area (Å²) in [7, 11) is 1.42. The van der Waals surface area contributed by atoms with Crippen LogP contribution in [-0.4, -0.2) is 31.1 Å². The van der Waals surface area contributed by atoms with E-state index in [1.807, 2.05) is 6.92 Å². The van der Waals surface area contributed by atoms with Crippen LogP contribution < -0.4 is 5.73 Å². The third-order valence-corrected chi connectivity index (χ3v) is 2.78. The average Bonchev–Trinajstić information content (AvgIpc) is 2.10. The smallest absolute Gasteiger partial charge is 0.309 e. The summed E-state index contributed by atoms with van der Waals surface area (Å²) in [6.45, 7) is 2.60. The number of nitrogens with two attached hydrogens (primary N) is 1. The van der Waals surface area contributed by atoms with Gasteiger partial charge < -0.3 is 10.5 Å². The molecule has 0 aliphatic rings. The lowest BCUT2D eigenvalue weighted by atomic mass is 10.2. The molecule has 0 saturated carbocycles. The minimum Gasteiger partial charge on any atom is -0.469 e. The van der Waals surface area contributed by atoms with Crippen LogP contribution in [0, 0.1) is 5.92 Å². The molecule has 3 nitrogen and oxygen atoms in total. The van der Waals surface area contributed by atoms with Crippen LogP contribution in [-0.2, 0) is 9.53 Å². The Balaban J connectivity index is 3.31. The molecule has 0 fully saturated rings. The summed E-state index contributed by atoms with van der Waals surface area (Å²) in [4.78, 5) is 10.9. The Morgan fingerprint density at radius 1 is 1.67 bits per heavy atom. The maximum atomic E-state index is 10.9. The Morgan fingerprint density at radius 2 is 2.33 bits per heavy atom. The Hall–Kier alpha value is -0.220. The third kappa shape index (κ3) is 5.43. The SMILES string of the molecule is COC(=O)C(C)CSCCCN. The number of hydrogen-bond acceptors (Lipinski definition) is 4. The zero-order chi connectivity index (χ0) is 9.40. The molecule has 0 bridgehead atoms. The Bertz CT molecular complexity index is 130. The zero-order valence-corrected chi connectivity index (χ0v) is 8.52. The van der Waals surface area contributed by atoms with Crippen molar-refractivity contribution in [3.05, 3.63) is 0 Å². The van der Waals surface area contributed by atoms with Crippen molar-refractivity contribution < 1.29 is 9.53 Å². The number of rotatable bonds is 6. The van der Waals surface area contributed by atoms with Crippen molar-refractivity contribution in [3.63, 3.8) is 0 Å². The molecule has 0 aliphatic carbocycles. The molecule has 0 rings (SSSR count). The van der Waals surface area contributed by atoms with Crippen molar-refractivity contribution in [1.82, 2.24) is 0 Å². The standard InChI is InChI=1S/C8H17NO2S/c1-7(8(10)11-2)6-12-5-3-4-9/h7H,3-6,9H2,1-2H3. The molecule has 2 N–H and O–H groups in total. The van der Waals surface area contributed by atoms with Gasteiger partial charge >= 0.3 is 5.97 Å². The van der Waals surface area contributed by atoms with Crippen LogP contribution in [0.3, 0.4) is 0 Å². The van der Waals surface area contributed by atoms with E-state index >= 15 is 0 Å². The number of carbonyl (C=O) groups excluding carboxylic acids is 1. The first-order valence-corrected chi connectivity index (χ1v) is 5.23. The van der Waals surface area contributed by atoms with Gasteiger partial charge in [0.05, 0.1) is 13.0 Å². The van der Waals surface area contributed by atoms with E-state index in [2.05, 4.69) is 4.74 Å². The van der Waals surface area contributed by atoms with E-state index in [1.165, 1.54) is 7.11 Å². The summed E-state index contributed by atoms with van der Waals surface area (Å²) in [5, 5.41) is 0. The summed E-state index contributed by atoms with van der Waals surface area (Å²) in [6, 6.07) is 0. The highest BCUT2D eigenvalue weighted by atomic mass is 32.2. The fourth-order valence-corrected chi connectivity index (χ4v) is 1.74. The van der Waals surface area contributed by atoms with Gasteiger partial charge in [0.2, 0.25) is 0 Å². The second-order valence-corrected chi connectivity index (χ2v) is 3.79. The van der Waals surface area contributed by atoms with Crippen molar-refractivity contribution in [1.29, 1.82) is 0 Å². The summed E-state index contributed by atoms with van der Waals surface area (Å²) in [6.07, 6.45) is 1.01. The van der Waals surface area contributed by atoms with E-state index in [4.69, 9.17) is 5.73 Å². The molecule has 0 aromatic heterocycles. The van der Waals surface area contributed by atoms with Gasteiger partial charge in [-0.3, -0.25) is 4.79 Å². The molecule has 0 saturated heterocycles. The van der Waals surface area contributed by atoms with Gasteiger partial charge in [0.25, 0.3) is 0 Å². The largest absolute Gasteiger partial charge is 0.469 e. The highest BCUT2D eigenvalue weighted by Crippen LogP contribution is 2.10. The van der Waals surface area contributed by atoms with Gasteiger partial charge in [-0.2, -0.15) is 11.8 Å². The first-order valence-electron chi connectivity index (χ1n) is 4.08. The quantitative estimate of drug-likeness (QED) is 0.500. The predicted molar refractivity (Wildman–Crippen MR) is 52.2 cm³/mol. The van der Waals surface area contributed by atoms with Crippen molar-refractivity contribution in [2.75, 3.05) is 25.2 Å². The molecule has 0 aromatic carbocycles. The summed E-state index contributed by atoms with van der Waals surface area (Å²) in [5.41, 5.74) is 5.33. The molecule has 0 aromatic rings. The minimum absolute atomic E-state index is 0.00206. The van der Waals surface area contributed by atoms with Crippen LogP contribution in [0.5, 0.6) is 0 Å². The average molecular weight is 191 g/mol. The molecule has 0 amide bonds. The molecule has 0 spiro atoms. The number of thioether (sulfide) groups is 1. The fraction of sp³-hybridized carbons (Fsp3) is 0.875. The molecular formula is C8H17NO2S. The molecule has 4 heteroatoms. The molecule has 12 heavy (non-hydrogen) atoms. The minimum atomic E-state index is -0.129. The predicted octanol–water partition coefficient (Wildman–Crippen LogP) is 0.877. The van der Waals surface area contributed by atoms with Crippen molar-refractivity contribution in [2.45, 2.75) is 13.3 Å². The topological polar surface area (TPSA) is 52.3 Å². The Morgan fingerprint density at radius 3 is 2.83 bits per heavy atom. The second-order valence-electron chi connectivity index (χ2n) is 2.64. The van der Waals surface area contributed by atoms with Crippen LogP contribution >= 0.6 is 11.8 Å². The maximum absolute atomic E-state index is 10.9. The molecule has 72 valence electrons. The zero-order valence-electron chi connectivity index (χ0n) is 7.71. The molecule has 1 unspecified atom stereocenters. The van der Waals surface area contributed by atoms with Gasteiger partial charge in [0, 0.05) is 5.75 Å². The highest BCUT2D eigenvalue weighted by molar-refractivity contribution is 7.99. The Kier molecular flexibility index (Phi) is 7.29. The monoisotopic (exact) mass is 191 g/mol. The van der Waals surface area contributed by atoms with E-state index in [0.717, 1.165) is 24.5 Å². The van der Waals surface area contributed by atoms with Crippen LogP contribution in [0.1, 0.15) is 13.3 Å². The van der Waals surface area contributed by atoms with Crippen LogP contribution in [0.4, 0.5) is 0 Å². The fourth-order valence-electron chi connectivity index (χ4n) is 0.715. The van der Waals surface area contributed by atoms with Gasteiger partial charge in [-0.05, 0) is 18.7 Å². The molecule has 0 radical (unpaired) electrons. The lowest BCUT2D eigenvalue weighted by Crippen LogP contribution is -2.15. The van der Waals surface area contributed by atoms with Crippen LogP contribution in [0.15, 0.2) is 0 Å². The number of carbonyl (C=O) groups is 1. The molecule has 1 atom stereocenters. The van der Waals surface area contributed by atoms with E-state index < -0.39 is 0 Å². The second kappa shape index (κ2) is 7.43. The van der Waals surface area contributed by atoms with Crippen molar-refractivity contribution >= 4 is 17.7 Å². The number of hydrogen-bond donors (Lipinski definition) is 1. The number of esters is 1. The Labute approximate surface area is 78.0 Å². The van der Waals surface area contributed by atoms with E-state index in [1.54, 1.807) is 11.8 Å². The molecule has 0 heterocycles. The van der Waals surface area contributed by atoms with Gasteiger partial charge in [-0.1, -0.05) is 6.92 Å². The van der Waals surface area contributed by atoms with Crippen molar-refractivity contribution in [2.24, 2.45) is 11.7 Å². The highest BCUT2D eigenvalue weighted by Gasteiger charge is 2.11. The number of methoxy groups -OCH3 is 1. The molecule has 0 aliphatic heterocycles.